The van der Waals surface area contributed by atoms with E-state index in [9.17, 15) is 9.59 Å². The van der Waals surface area contributed by atoms with E-state index < -0.39 is 18.0 Å². The Bertz CT molecular complexity index is 466. The van der Waals surface area contributed by atoms with Gasteiger partial charge in [-0.05, 0) is 25.4 Å². The summed E-state index contributed by atoms with van der Waals surface area (Å²) >= 11 is 5.59. The highest BCUT2D eigenvalue weighted by Crippen LogP contribution is 2.14. The molecule has 98 valence electrons. The molecule has 0 aliphatic heterocycles. The first-order valence-electron chi connectivity index (χ1n) is 5.11. The van der Waals surface area contributed by atoms with Crippen molar-refractivity contribution in [3.05, 3.63) is 17.0 Å². The van der Waals surface area contributed by atoms with E-state index in [-0.39, 0.29) is 23.5 Å². The highest BCUT2D eigenvalue weighted by atomic mass is 35.5. The van der Waals surface area contributed by atoms with Crippen LogP contribution in [0.1, 0.15) is 24.3 Å². The number of carbonyl (C=O) groups is 2. The number of nitrogens with zero attached hydrogens (tertiary/aromatic N) is 2. The van der Waals surface area contributed by atoms with Gasteiger partial charge in [-0.3, -0.25) is 4.79 Å². The summed E-state index contributed by atoms with van der Waals surface area (Å²) in [6.45, 7) is 3.40. The van der Waals surface area contributed by atoms with Gasteiger partial charge in [0.2, 0.25) is 11.2 Å². The fourth-order valence-electron chi connectivity index (χ4n) is 1.07. The van der Waals surface area contributed by atoms with Gasteiger partial charge in [-0.25, -0.2) is 9.78 Å². The topological polar surface area (TPSA) is 104 Å². The molecule has 2 N–H and O–H groups in total. The Hall–Kier alpha value is -1.89. The van der Waals surface area contributed by atoms with Crippen LogP contribution in [0.3, 0.4) is 0 Å². The molecule has 1 heterocycles. The number of halogens is 1. The van der Waals surface area contributed by atoms with Crippen molar-refractivity contribution < 1.29 is 19.1 Å². The molecule has 7 nitrogen and oxygen atoms in total. The second-order valence-corrected chi connectivity index (χ2v) is 3.57. The highest BCUT2D eigenvalue weighted by Gasteiger charge is 2.18. The first-order valence-corrected chi connectivity index (χ1v) is 5.49. The average molecular weight is 274 g/mol. The average Bonchev–Trinajstić information content (AvgIpc) is 2.28. The lowest BCUT2D eigenvalue weighted by molar-refractivity contribution is -0.150. The van der Waals surface area contributed by atoms with Gasteiger partial charge in [0, 0.05) is 6.07 Å². The maximum absolute atomic E-state index is 11.3. The van der Waals surface area contributed by atoms with E-state index in [1.165, 1.54) is 13.0 Å². The van der Waals surface area contributed by atoms with Crippen molar-refractivity contribution >= 4 is 23.5 Å². The van der Waals surface area contributed by atoms with Crippen LogP contribution < -0.4 is 10.5 Å². The molecular formula is C10H12ClN3O4. The molecule has 1 atom stereocenters. The number of nitrogens with two attached hydrogens (primary N) is 1. The second kappa shape index (κ2) is 6.15. The molecule has 0 fully saturated rings. The minimum Gasteiger partial charge on any atom is -0.463 e. The standard InChI is InChI=1S/C10H12ClN3O4/c1-3-17-9(16)5(2)18-7-4-6(8(12)15)13-10(11)14-7/h4-5H,3H2,1-2H3,(H2,12,15)/t5-/m0/s1. The van der Waals surface area contributed by atoms with Crippen LogP contribution in [0.4, 0.5) is 0 Å². The van der Waals surface area contributed by atoms with Crippen LogP contribution in [-0.4, -0.2) is 34.6 Å². The van der Waals surface area contributed by atoms with Gasteiger partial charge in [-0.15, -0.1) is 0 Å². The predicted molar refractivity (Wildman–Crippen MR) is 62.3 cm³/mol. The first-order chi connectivity index (χ1) is 8.43. The largest absolute Gasteiger partial charge is 0.463 e. The molecule has 0 spiro atoms. The number of hydrogen-bond donors (Lipinski definition) is 1. The number of carbonyl (C=O) groups excluding carboxylic acids is 2. The summed E-state index contributed by atoms with van der Waals surface area (Å²) in [7, 11) is 0. The van der Waals surface area contributed by atoms with E-state index in [1.54, 1.807) is 6.92 Å². The molecule has 1 aromatic rings. The summed E-state index contributed by atoms with van der Waals surface area (Å²) in [6.07, 6.45) is -0.878. The number of hydrogen-bond acceptors (Lipinski definition) is 6. The smallest absolute Gasteiger partial charge is 0.347 e. The van der Waals surface area contributed by atoms with E-state index in [1.807, 2.05) is 0 Å². The Morgan fingerprint density at radius 2 is 2.17 bits per heavy atom. The molecule has 0 aliphatic rings. The normalized spacial score (nSPS) is 11.7. The van der Waals surface area contributed by atoms with E-state index in [4.69, 9.17) is 26.8 Å². The molecule has 0 aliphatic carbocycles. The Labute approximate surface area is 108 Å². The van der Waals surface area contributed by atoms with Crippen molar-refractivity contribution in [2.24, 2.45) is 5.73 Å². The van der Waals surface area contributed by atoms with E-state index in [0.717, 1.165) is 0 Å². The minimum atomic E-state index is -0.878. The third-order valence-corrected chi connectivity index (χ3v) is 2.01. The van der Waals surface area contributed by atoms with Gasteiger partial charge < -0.3 is 15.2 Å². The summed E-state index contributed by atoms with van der Waals surface area (Å²) < 4.78 is 9.93. The van der Waals surface area contributed by atoms with Crippen molar-refractivity contribution in [3.8, 4) is 5.88 Å². The third kappa shape index (κ3) is 3.85. The van der Waals surface area contributed by atoms with Crippen LogP contribution >= 0.6 is 11.6 Å². The molecule has 1 aromatic heterocycles. The minimum absolute atomic E-state index is 0.0237. The van der Waals surface area contributed by atoms with Crippen molar-refractivity contribution in [1.82, 2.24) is 9.97 Å². The van der Waals surface area contributed by atoms with Gasteiger partial charge in [0.25, 0.3) is 5.91 Å². The molecule has 0 aromatic carbocycles. The molecule has 0 saturated carbocycles. The van der Waals surface area contributed by atoms with Gasteiger partial charge in [0.05, 0.1) is 6.61 Å². The zero-order valence-corrected chi connectivity index (χ0v) is 10.6. The third-order valence-electron chi connectivity index (χ3n) is 1.84. The molecule has 8 heteroatoms. The lowest BCUT2D eigenvalue weighted by Gasteiger charge is -2.12. The predicted octanol–water partition coefficient (Wildman–Crippen LogP) is 0.559. The van der Waals surface area contributed by atoms with Crippen LogP contribution in [0.25, 0.3) is 0 Å². The van der Waals surface area contributed by atoms with E-state index >= 15 is 0 Å². The molecule has 0 unspecified atom stereocenters. The molecule has 0 bridgehead atoms. The van der Waals surface area contributed by atoms with E-state index in [2.05, 4.69) is 9.97 Å². The van der Waals surface area contributed by atoms with Gasteiger partial charge >= 0.3 is 5.97 Å². The Morgan fingerprint density at radius 1 is 1.50 bits per heavy atom. The summed E-state index contributed by atoms with van der Waals surface area (Å²) in [6, 6.07) is 1.20. The summed E-state index contributed by atoms with van der Waals surface area (Å²) in [5, 5.41) is -0.197. The number of ether oxygens (including phenoxy) is 2. The molecule has 0 radical (unpaired) electrons. The Morgan fingerprint density at radius 3 is 2.72 bits per heavy atom. The number of aromatic nitrogens is 2. The zero-order valence-electron chi connectivity index (χ0n) is 9.84. The van der Waals surface area contributed by atoms with Crippen molar-refractivity contribution in [2.75, 3.05) is 6.61 Å². The van der Waals surface area contributed by atoms with Crippen LogP contribution in [0.2, 0.25) is 5.28 Å². The fourth-order valence-corrected chi connectivity index (χ4v) is 1.25. The Balaban J connectivity index is 2.84. The summed E-state index contributed by atoms with van der Waals surface area (Å²) in [5.74, 6) is -1.34. The molecular weight excluding hydrogens is 262 g/mol. The van der Waals surface area contributed by atoms with Gasteiger partial charge in [0.1, 0.15) is 5.69 Å². The number of rotatable bonds is 5. The van der Waals surface area contributed by atoms with Crippen LogP contribution in [-0.2, 0) is 9.53 Å². The van der Waals surface area contributed by atoms with Crippen LogP contribution in [0, 0.1) is 0 Å². The maximum atomic E-state index is 11.3. The quantitative estimate of drug-likeness (QED) is 0.621. The monoisotopic (exact) mass is 273 g/mol. The second-order valence-electron chi connectivity index (χ2n) is 3.24. The summed E-state index contributed by atoms with van der Waals surface area (Å²) in [4.78, 5) is 29.6. The lowest BCUT2D eigenvalue weighted by atomic mass is 10.4. The van der Waals surface area contributed by atoms with Crippen molar-refractivity contribution in [2.45, 2.75) is 20.0 Å². The molecule has 18 heavy (non-hydrogen) atoms. The van der Waals surface area contributed by atoms with Gasteiger partial charge in [-0.1, -0.05) is 0 Å². The lowest BCUT2D eigenvalue weighted by Crippen LogP contribution is -2.26. The van der Waals surface area contributed by atoms with Gasteiger partial charge in [0.15, 0.2) is 6.10 Å². The van der Waals surface area contributed by atoms with Crippen LogP contribution in [0.15, 0.2) is 6.07 Å². The first kappa shape index (κ1) is 14.2. The van der Waals surface area contributed by atoms with E-state index in [0.29, 0.717) is 0 Å². The molecule has 0 saturated heterocycles. The highest BCUT2D eigenvalue weighted by molar-refractivity contribution is 6.28. The Kier molecular flexibility index (Phi) is 4.85. The van der Waals surface area contributed by atoms with Crippen molar-refractivity contribution in [3.63, 3.8) is 0 Å². The number of esters is 1. The molecule has 1 amide bonds. The number of amides is 1. The SMILES string of the molecule is CCOC(=O)[C@H](C)Oc1cc(C(N)=O)nc(Cl)n1. The van der Waals surface area contributed by atoms with Crippen molar-refractivity contribution in [1.29, 1.82) is 0 Å². The fraction of sp³-hybridized carbons (Fsp3) is 0.400. The molecule has 1 rings (SSSR count). The summed E-state index contributed by atoms with van der Waals surface area (Å²) in [5.41, 5.74) is 4.96. The van der Waals surface area contributed by atoms with Crippen LogP contribution in [0.5, 0.6) is 5.88 Å². The maximum Gasteiger partial charge on any atom is 0.347 e. The van der Waals surface area contributed by atoms with Gasteiger partial charge in [-0.2, -0.15) is 4.98 Å². The zero-order chi connectivity index (χ0) is 13.7. The number of primary amides is 1.